The molecule has 5 heteroatoms. The molecule has 1 aliphatic rings. The fraction of sp³-hybridized carbons (Fsp3) is 0.750. The van der Waals surface area contributed by atoms with Crippen LogP contribution in [0.1, 0.15) is 54.4 Å². The summed E-state index contributed by atoms with van der Waals surface area (Å²) < 4.78 is 10.6. The summed E-state index contributed by atoms with van der Waals surface area (Å²) in [6.07, 6.45) is 2.80. The molecule has 120 valence electrons. The highest BCUT2D eigenvalue weighted by molar-refractivity contribution is 5.83. The number of carbonyl (C=O) groups is 2. The van der Waals surface area contributed by atoms with Gasteiger partial charge in [-0.3, -0.25) is 0 Å². The van der Waals surface area contributed by atoms with Gasteiger partial charge in [0.2, 0.25) is 0 Å². The second-order valence-electron chi connectivity index (χ2n) is 7.34. The van der Waals surface area contributed by atoms with Crippen LogP contribution in [-0.4, -0.2) is 41.3 Å². The van der Waals surface area contributed by atoms with Crippen molar-refractivity contribution in [3.63, 3.8) is 0 Å². The van der Waals surface area contributed by atoms with Gasteiger partial charge in [-0.25, -0.2) is 9.59 Å². The molecule has 5 nitrogen and oxygen atoms in total. The lowest BCUT2D eigenvalue weighted by Crippen LogP contribution is -2.40. The molecule has 0 saturated carbocycles. The molecule has 0 aromatic heterocycles. The van der Waals surface area contributed by atoms with Gasteiger partial charge in [0, 0.05) is 19.2 Å². The van der Waals surface area contributed by atoms with E-state index in [2.05, 4.69) is 0 Å². The summed E-state index contributed by atoms with van der Waals surface area (Å²) in [5, 5.41) is 0. The van der Waals surface area contributed by atoms with E-state index in [1.807, 2.05) is 41.5 Å². The Morgan fingerprint density at radius 1 is 1.05 bits per heavy atom. The minimum Gasteiger partial charge on any atom is -0.457 e. The monoisotopic (exact) mass is 297 g/mol. The van der Waals surface area contributed by atoms with Gasteiger partial charge in [0.15, 0.2) is 0 Å². The van der Waals surface area contributed by atoms with Crippen molar-refractivity contribution >= 4 is 12.1 Å². The largest absolute Gasteiger partial charge is 0.457 e. The first kappa shape index (κ1) is 17.5. The average Bonchev–Trinajstić information content (AvgIpc) is 2.24. The Kier molecular flexibility index (Phi) is 5.42. The Labute approximate surface area is 127 Å². The molecule has 0 atom stereocenters. The van der Waals surface area contributed by atoms with Gasteiger partial charge in [-0.1, -0.05) is 0 Å². The van der Waals surface area contributed by atoms with Crippen LogP contribution >= 0.6 is 0 Å². The molecule has 0 N–H and O–H groups in total. The summed E-state index contributed by atoms with van der Waals surface area (Å²) in [6, 6.07) is 0. The first-order chi connectivity index (χ1) is 9.46. The summed E-state index contributed by atoms with van der Waals surface area (Å²) in [5.41, 5.74) is -0.113. The van der Waals surface area contributed by atoms with E-state index in [1.165, 1.54) is 6.08 Å². The topological polar surface area (TPSA) is 55.8 Å². The van der Waals surface area contributed by atoms with Crippen molar-refractivity contribution in [3.8, 4) is 0 Å². The van der Waals surface area contributed by atoms with E-state index in [9.17, 15) is 9.59 Å². The average molecular weight is 297 g/mol. The molecule has 1 fully saturated rings. The molecule has 0 bridgehead atoms. The third-order valence-electron chi connectivity index (χ3n) is 2.70. The van der Waals surface area contributed by atoms with Gasteiger partial charge in [-0.05, 0) is 60.0 Å². The fourth-order valence-corrected chi connectivity index (χ4v) is 2.00. The Morgan fingerprint density at radius 2 is 1.62 bits per heavy atom. The standard InChI is InChI=1S/C16H27NO4/c1-15(2,3)20-13(18)10-12-8-7-9-17(11-12)14(19)21-16(4,5)6/h10H,7-9,11H2,1-6H3/b12-10-. The summed E-state index contributed by atoms with van der Waals surface area (Å²) in [5.74, 6) is -0.358. The van der Waals surface area contributed by atoms with Crippen LogP contribution in [0.5, 0.6) is 0 Å². The van der Waals surface area contributed by atoms with Crippen LogP contribution < -0.4 is 0 Å². The lowest BCUT2D eigenvalue weighted by Gasteiger charge is -2.31. The molecule has 0 aromatic rings. The first-order valence-electron chi connectivity index (χ1n) is 7.37. The zero-order valence-electron chi connectivity index (χ0n) is 14.0. The molecule has 0 radical (unpaired) electrons. The smallest absolute Gasteiger partial charge is 0.410 e. The highest BCUT2D eigenvalue weighted by Crippen LogP contribution is 2.19. The Balaban J connectivity index is 2.63. The van der Waals surface area contributed by atoms with Crippen LogP contribution in [0.4, 0.5) is 4.79 Å². The molecule has 21 heavy (non-hydrogen) atoms. The Hall–Kier alpha value is -1.52. The predicted molar refractivity (Wildman–Crippen MR) is 81.0 cm³/mol. The van der Waals surface area contributed by atoms with E-state index in [4.69, 9.17) is 9.47 Å². The van der Waals surface area contributed by atoms with E-state index in [0.29, 0.717) is 13.1 Å². The van der Waals surface area contributed by atoms with Crippen molar-refractivity contribution < 1.29 is 19.1 Å². The van der Waals surface area contributed by atoms with Gasteiger partial charge in [0.1, 0.15) is 11.2 Å². The molecule has 0 unspecified atom stereocenters. The van der Waals surface area contributed by atoms with Gasteiger partial charge in [-0.2, -0.15) is 0 Å². The Morgan fingerprint density at radius 3 is 2.14 bits per heavy atom. The molecule has 1 heterocycles. The van der Waals surface area contributed by atoms with Gasteiger partial charge < -0.3 is 14.4 Å². The third kappa shape index (κ3) is 7.16. The third-order valence-corrected chi connectivity index (χ3v) is 2.70. The van der Waals surface area contributed by atoms with E-state index >= 15 is 0 Å². The van der Waals surface area contributed by atoms with Gasteiger partial charge >= 0.3 is 12.1 Å². The number of nitrogens with zero attached hydrogens (tertiary/aromatic N) is 1. The molecule has 0 aliphatic carbocycles. The number of carbonyl (C=O) groups excluding carboxylic acids is 2. The van der Waals surface area contributed by atoms with E-state index in [0.717, 1.165) is 18.4 Å². The van der Waals surface area contributed by atoms with Crippen molar-refractivity contribution in [2.45, 2.75) is 65.6 Å². The van der Waals surface area contributed by atoms with Gasteiger partial charge in [0.05, 0.1) is 0 Å². The summed E-state index contributed by atoms with van der Waals surface area (Å²) in [4.78, 5) is 25.5. The maximum Gasteiger partial charge on any atom is 0.410 e. The molecule has 1 aliphatic heterocycles. The second kappa shape index (κ2) is 6.50. The van der Waals surface area contributed by atoms with Crippen molar-refractivity contribution in [1.29, 1.82) is 0 Å². The fourth-order valence-electron chi connectivity index (χ4n) is 2.00. The number of likely N-dealkylation sites (tertiary alicyclic amines) is 1. The molecule has 1 rings (SSSR count). The second-order valence-corrected chi connectivity index (χ2v) is 7.34. The molecular weight excluding hydrogens is 270 g/mol. The molecule has 0 spiro atoms. The molecule has 1 saturated heterocycles. The number of amides is 1. The van der Waals surface area contributed by atoms with Crippen molar-refractivity contribution in [2.75, 3.05) is 13.1 Å². The number of hydrogen-bond donors (Lipinski definition) is 0. The Bertz CT molecular complexity index is 427. The summed E-state index contributed by atoms with van der Waals surface area (Å²) >= 11 is 0. The number of esters is 1. The normalized spacial score (nSPS) is 18.6. The summed E-state index contributed by atoms with van der Waals surface area (Å²) in [7, 11) is 0. The van der Waals surface area contributed by atoms with Crippen LogP contribution in [0.15, 0.2) is 11.6 Å². The van der Waals surface area contributed by atoms with Crippen LogP contribution in [0.2, 0.25) is 0 Å². The SMILES string of the molecule is CC(C)(C)OC(=O)/C=C1/CCCN(C(=O)OC(C)(C)C)C1. The van der Waals surface area contributed by atoms with Gasteiger partial charge in [0.25, 0.3) is 0 Å². The minimum atomic E-state index is -0.510. The lowest BCUT2D eigenvalue weighted by atomic mass is 10.0. The maximum atomic E-state index is 12.0. The number of ether oxygens (including phenoxy) is 2. The number of hydrogen-bond acceptors (Lipinski definition) is 4. The molecular formula is C16H27NO4. The van der Waals surface area contributed by atoms with Crippen molar-refractivity contribution in [1.82, 2.24) is 4.90 Å². The van der Waals surface area contributed by atoms with E-state index in [1.54, 1.807) is 4.90 Å². The zero-order chi connectivity index (χ0) is 16.3. The van der Waals surface area contributed by atoms with E-state index in [-0.39, 0.29) is 12.1 Å². The first-order valence-corrected chi connectivity index (χ1v) is 7.37. The zero-order valence-corrected chi connectivity index (χ0v) is 14.0. The van der Waals surface area contributed by atoms with Crippen LogP contribution in [0, 0.1) is 0 Å². The molecule has 1 amide bonds. The minimum absolute atomic E-state index is 0.336. The van der Waals surface area contributed by atoms with Crippen LogP contribution in [0.25, 0.3) is 0 Å². The quantitative estimate of drug-likeness (QED) is 0.550. The number of piperidine rings is 1. The van der Waals surface area contributed by atoms with Crippen LogP contribution in [0.3, 0.4) is 0 Å². The highest BCUT2D eigenvalue weighted by Gasteiger charge is 2.25. The van der Waals surface area contributed by atoms with E-state index < -0.39 is 11.2 Å². The number of rotatable bonds is 1. The lowest BCUT2D eigenvalue weighted by molar-refractivity contribution is -0.148. The van der Waals surface area contributed by atoms with Crippen molar-refractivity contribution in [3.05, 3.63) is 11.6 Å². The predicted octanol–water partition coefficient (Wildman–Crippen LogP) is 3.29. The maximum absolute atomic E-state index is 12.0. The van der Waals surface area contributed by atoms with Crippen molar-refractivity contribution in [2.24, 2.45) is 0 Å². The van der Waals surface area contributed by atoms with Crippen LogP contribution in [-0.2, 0) is 14.3 Å². The highest BCUT2D eigenvalue weighted by atomic mass is 16.6. The van der Waals surface area contributed by atoms with Gasteiger partial charge in [-0.15, -0.1) is 0 Å². The summed E-state index contributed by atoms with van der Waals surface area (Å²) in [6.45, 7) is 12.1. The molecule has 0 aromatic carbocycles.